The van der Waals surface area contributed by atoms with Gasteiger partial charge in [0.1, 0.15) is 36.6 Å². The number of phosphoric acid groups is 4. The van der Waals surface area contributed by atoms with E-state index in [1.165, 1.54) is 0 Å². The van der Waals surface area contributed by atoms with Crippen molar-refractivity contribution in [1.82, 2.24) is 6.15 Å². The molecule has 29 heavy (non-hydrogen) atoms. The Kier molecular flexibility index (Phi) is 9.96. The van der Waals surface area contributed by atoms with Crippen LogP contribution in [0.15, 0.2) is 0 Å². The molecule has 23 heteroatoms. The predicted octanol–water partition coefficient (Wildman–Crippen LogP) is -3.20. The Balaban J connectivity index is 0.00000784. The number of aliphatic hydroxyl groups is 2. The number of hydrogen-bond donors (Lipinski definition) is 11. The second-order valence-corrected chi connectivity index (χ2v) is 9.99. The van der Waals surface area contributed by atoms with Crippen LogP contribution in [0.3, 0.4) is 0 Å². The third-order valence-corrected chi connectivity index (χ3v) is 5.10. The molecule has 0 amide bonds. The molecule has 4 atom stereocenters. The summed E-state index contributed by atoms with van der Waals surface area (Å²) in [5.41, 5.74) is 0. The van der Waals surface area contributed by atoms with Crippen LogP contribution in [0.1, 0.15) is 0 Å². The third kappa shape index (κ3) is 9.99. The summed E-state index contributed by atoms with van der Waals surface area (Å²) in [4.78, 5) is 71.0. The second kappa shape index (κ2) is 9.85. The van der Waals surface area contributed by atoms with E-state index in [9.17, 15) is 28.5 Å². The summed E-state index contributed by atoms with van der Waals surface area (Å²) < 4.78 is 60.5. The van der Waals surface area contributed by atoms with Crippen LogP contribution in [-0.4, -0.2) is 86.0 Å². The highest BCUT2D eigenvalue weighted by Crippen LogP contribution is 2.52. The average Bonchev–Trinajstić information content (AvgIpc) is 2.39. The van der Waals surface area contributed by atoms with E-state index in [1.54, 1.807) is 0 Å². The van der Waals surface area contributed by atoms with E-state index in [1.807, 2.05) is 0 Å². The summed E-state index contributed by atoms with van der Waals surface area (Å²) in [6, 6.07) is 0. The first-order chi connectivity index (χ1) is 12.2. The van der Waals surface area contributed by atoms with Crippen molar-refractivity contribution in [3.8, 4) is 0 Å². The van der Waals surface area contributed by atoms with Gasteiger partial charge >= 0.3 is 31.3 Å². The fourth-order valence-corrected chi connectivity index (χ4v) is 4.52. The molecule has 1 aliphatic rings. The van der Waals surface area contributed by atoms with Crippen molar-refractivity contribution in [2.45, 2.75) is 36.6 Å². The Morgan fingerprint density at radius 2 is 0.655 bits per heavy atom. The molecule has 0 spiro atoms. The summed E-state index contributed by atoms with van der Waals surface area (Å²) in [5, 5.41) is 20.1. The molecule has 0 aromatic heterocycles. The van der Waals surface area contributed by atoms with Gasteiger partial charge in [-0.2, -0.15) is 0 Å². The van der Waals surface area contributed by atoms with Crippen molar-refractivity contribution in [2.75, 3.05) is 0 Å². The van der Waals surface area contributed by atoms with Gasteiger partial charge < -0.3 is 55.5 Å². The molecule has 1 aliphatic carbocycles. The zero-order valence-electron chi connectivity index (χ0n) is 13.7. The summed E-state index contributed by atoms with van der Waals surface area (Å²) >= 11 is 0. The average molecular weight is 517 g/mol. The second-order valence-electron chi connectivity index (χ2n) is 5.22. The van der Waals surface area contributed by atoms with Crippen molar-refractivity contribution in [1.29, 1.82) is 0 Å². The van der Waals surface area contributed by atoms with Gasteiger partial charge in [-0.3, -0.25) is 18.1 Å². The van der Waals surface area contributed by atoms with Gasteiger partial charge in [0.05, 0.1) is 0 Å². The third-order valence-electron chi connectivity index (χ3n) is 3.03. The molecular weight excluding hydrogens is 498 g/mol. The van der Waals surface area contributed by atoms with E-state index in [0.29, 0.717) is 0 Å². The van der Waals surface area contributed by atoms with Crippen LogP contribution in [0.4, 0.5) is 0 Å². The topological polar surface area (TPSA) is 342 Å². The van der Waals surface area contributed by atoms with Gasteiger partial charge in [-0.1, -0.05) is 0 Å². The molecule has 0 bridgehead atoms. The van der Waals surface area contributed by atoms with Crippen LogP contribution in [-0.2, 0) is 36.4 Å². The largest absolute Gasteiger partial charge is 0.470 e. The minimum absolute atomic E-state index is 0. The molecule has 1 fully saturated rings. The Hall–Kier alpha value is 0.320. The van der Waals surface area contributed by atoms with Crippen LogP contribution in [0.25, 0.3) is 0 Å². The van der Waals surface area contributed by atoms with Crippen molar-refractivity contribution < 1.29 is 85.7 Å². The van der Waals surface area contributed by atoms with Gasteiger partial charge in [0.2, 0.25) is 0 Å². The lowest BCUT2D eigenvalue weighted by molar-refractivity contribution is -0.208. The molecule has 4 unspecified atom stereocenters. The quantitative estimate of drug-likeness (QED) is 0.141. The van der Waals surface area contributed by atoms with Gasteiger partial charge in [-0.05, 0) is 0 Å². The molecule has 0 radical (unpaired) electrons. The molecule has 0 aromatic carbocycles. The molecular formula is C6H19NO18P4. The van der Waals surface area contributed by atoms with Gasteiger partial charge in [0.25, 0.3) is 0 Å². The zero-order chi connectivity index (χ0) is 22.3. The summed E-state index contributed by atoms with van der Waals surface area (Å²) in [6.45, 7) is 0. The van der Waals surface area contributed by atoms with E-state index in [0.717, 1.165) is 0 Å². The number of aliphatic hydroxyl groups excluding tert-OH is 2. The van der Waals surface area contributed by atoms with Crippen LogP contribution in [0, 0.1) is 0 Å². The Morgan fingerprint density at radius 1 is 0.448 bits per heavy atom. The fourth-order valence-electron chi connectivity index (χ4n) is 2.28. The molecule has 0 aromatic rings. The SMILES string of the molecule is N.O=P(O)(O)OC1C(O)C(OP(=O)(O)O)C(OP(=O)(O)O)C(OP(=O)(O)O)C1O. The van der Waals surface area contributed by atoms with Crippen LogP contribution in [0.2, 0.25) is 0 Å². The highest BCUT2D eigenvalue weighted by atomic mass is 31.2. The lowest BCUT2D eigenvalue weighted by Gasteiger charge is -2.45. The van der Waals surface area contributed by atoms with E-state index in [2.05, 4.69) is 18.1 Å². The van der Waals surface area contributed by atoms with Gasteiger partial charge in [-0.25, -0.2) is 18.3 Å². The van der Waals surface area contributed by atoms with Crippen LogP contribution in [0.5, 0.6) is 0 Å². The molecule has 13 N–H and O–H groups in total. The monoisotopic (exact) mass is 517 g/mol. The minimum atomic E-state index is -5.64. The molecule has 0 saturated heterocycles. The first-order valence-electron chi connectivity index (χ1n) is 6.52. The summed E-state index contributed by atoms with van der Waals surface area (Å²) in [6.07, 6.45) is -15.9. The maximum Gasteiger partial charge on any atom is 0.470 e. The first-order valence-corrected chi connectivity index (χ1v) is 12.6. The van der Waals surface area contributed by atoms with E-state index < -0.39 is 67.9 Å². The Bertz CT molecular complexity index is 695. The lowest BCUT2D eigenvalue weighted by Crippen LogP contribution is -2.65. The maximum absolute atomic E-state index is 11.1. The molecule has 1 saturated carbocycles. The van der Waals surface area contributed by atoms with Crippen molar-refractivity contribution in [2.24, 2.45) is 0 Å². The van der Waals surface area contributed by atoms with Crippen molar-refractivity contribution in [3.05, 3.63) is 0 Å². The van der Waals surface area contributed by atoms with Gasteiger partial charge in [-0.15, -0.1) is 0 Å². The molecule has 1 rings (SSSR count). The van der Waals surface area contributed by atoms with Crippen LogP contribution >= 0.6 is 31.3 Å². The number of rotatable bonds is 8. The first kappa shape index (κ1) is 29.3. The number of phosphoric ester groups is 4. The standard InChI is InChI=1S/C6H16O18P4.H3N/c7-1-3(21-25(9,10)11)2(8)5(23-27(15,16)17)6(24-28(18,19)20)4(1)22-26(12,13)14;/h1-8H,(H2,9,10,11)(H2,12,13,14)(H2,15,16,17)(H2,18,19,20);1H3. The lowest BCUT2D eigenvalue weighted by atomic mass is 9.85. The highest BCUT2D eigenvalue weighted by molar-refractivity contribution is 7.47. The Labute approximate surface area is 160 Å². The number of hydrogen-bond acceptors (Lipinski definition) is 11. The van der Waals surface area contributed by atoms with E-state index in [4.69, 9.17) is 39.1 Å². The normalized spacial score (nSPS) is 31.9. The van der Waals surface area contributed by atoms with Crippen molar-refractivity contribution in [3.63, 3.8) is 0 Å². The zero-order valence-corrected chi connectivity index (χ0v) is 17.3. The van der Waals surface area contributed by atoms with Crippen molar-refractivity contribution >= 4 is 31.3 Å². The van der Waals surface area contributed by atoms with E-state index in [-0.39, 0.29) is 6.15 Å². The maximum atomic E-state index is 11.1. The van der Waals surface area contributed by atoms with Gasteiger partial charge in [0, 0.05) is 0 Å². The smallest absolute Gasteiger partial charge is 0.387 e. The van der Waals surface area contributed by atoms with E-state index >= 15 is 0 Å². The summed E-state index contributed by atoms with van der Waals surface area (Å²) in [5.74, 6) is 0. The predicted molar refractivity (Wildman–Crippen MR) is 84.7 cm³/mol. The summed E-state index contributed by atoms with van der Waals surface area (Å²) in [7, 11) is -22.4. The highest BCUT2D eigenvalue weighted by Gasteiger charge is 2.58. The molecule has 0 heterocycles. The van der Waals surface area contributed by atoms with Crippen LogP contribution < -0.4 is 6.15 Å². The van der Waals surface area contributed by atoms with Gasteiger partial charge in [0.15, 0.2) is 0 Å². The fraction of sp³-hybridized carbons (Fsp3) is 1.00. The molecule has 176 valence electrons. The minimum Gasteiger partial charge on any atom is -0.387 e. The molecule has 0 aliphatic heterocycles. The molecule has 19 nitrogen and oxygen atoms in total. The Morgan fingerprint density at radius 3 is 0.897 bits per heavy atom.